The SMILES string of the molecule is CC(C)(C)c1cc(NC(=O)c2cccc(NC(=O)C3CCCO3)c2)n(-c2ncccn2)n1. The number of hydrogen-bond acceptors (Lipinski definition) is 6. The van der Waals surface area contributed by atoms with Crippen LogP contribution < -0.4 is 10.6 Å². The largest absolute Gasteiger partial charge is 0.368 e. The quantitative estimate of drug-likeness (QED) is 0.637. The summed E-state index contributed by atoms with van der Waals surface area (Å²) < 4.78 is 6.93. The fourth-order valence-corrected chi connectivity index (χ4v) is 3.32. The van der Waals surface area contributed by atoms with E-state index in [9.17, 15) is 9.59 Å². The van der Waals surface area contributed by atoms with Crippen LogP contribution in [-0.2, 0) is 14.9 Å². The van der Waals surface area contributed by atoms with Gasteiger partial charge in [0.05, 0.1) is 5.69 Å². The molecule has 0 spiro atoms. The van der Waals surface area contributed by atoms with Gasteiger partial charge >= 0.3 is 0 Å². The number of aromatic nitrogens is 4. The van der Waals surface area contributed by atoms with Gasteiger partial charge in [-0.05, 0) is 37.1 Å². The average molecular weight is 435 g/mol. The zero-order chi connectivity index (χ0) is 22.7. The van der Waals surface area contributed by atoms with Crippen molar-refractivity contribution < 1.29 is 14.3 Å². The summed E-state index contributed by atoms with van der Waals surface area (Å²) in [6, 6.07) is 10.3. The fraction of sp³-hybridized carbons (Fsp3) is 0.348. The second-order valence-electron chi connectivity index (χ2n) is 8.65. The first kappa shape index (κ1) is 21.6. The molecule has 0 bridgehead atoms. The molecule has 1 fully saturated rings. The van der Waals surface area contributed by atoms with Gasteiger partial charge in [-0.2, -0.15) is 9.78 Å². The van der Waals surface area contributed by atoms with Gasteiger partial charge in [-0.1, -0.05) is 26.8 Å². The highest BCUT2D eigenvalue weighted by Crippen LogP contribution is 2.26. The molecule has 9 nitrogen and oxygen atoms in total. The average Bonchev–Trinajstić information content (AvgIpc) is 3.45. The van der Waals surface area contributed by atoms with Crippen LogP contribution in [0.15, 0.2) is 48.8 Å². The molecular formula is C23H26N6O3. The van der Waals surface area contributed by atoms with Crippen molar-refractivity contribution in [3.8, 4) is 5.95 Å². The van der Waals surface area contributed by atoms with E-state index in [4.69, 9.17) is 4.74 Å². The van der Waals surface area contributed by atoms with Crippen LogP contribution in [0.3, 0.4) is 0 Å². The lowest BCUT2D eigenvalue weighted by molar-refractivity contribution is -0.124. The van der Waals surface area contributed by atoms with Gasteiger partial charge < -0.3 is 15.4 Å². The third-order valence-electron chi connectivity index (χ3n) is 5.08. The first-order valence-electron chi connectivity index (χ1n) is 10.5. The van der Waals surface area contributed by atoms with Crippen LogP contribution in [-0.4, -0.2) is 44.3 Å². The molecule has 0 aliphatic carbocycles. The lowest BCUT2D eigenvalue weighted by Crippen LogP contribution is -2.27. The number of carbonyl (C=O) groups excluding carboxylic acids is 2. The van der Waals surface area contributed by atoms with E-state index >= 15 is 0 Å². The summed E-state index contributed by atoms with van der Waals surface area (Å²) in [7, 11) is 0. The zero-order valence-corrected chi connectivity index (χ0v) is 18.3. The van der Waals surface area contributed by atoms with Crippen LogP contribution >= 0.6 is 0 Å². The Morgan fingerprint density at radius 2 is 1.88 bits per heavy atom. The van der Waals surface area contributed by atoms with Crippen LogP contribution in [0, 0.1) is 0 Å². The molecule has 2 N–H and O–H groups in total. The summed E-state index contributed by atoms with van der Waals surface area (Å²) in [5, 5.41) is 10.3. The first-order chi connectivity index (χ1) is 15.3. The van der Waals surface area contributed by atoms with Crippen molar-refractivity contribution in [2.24, 2.45) is 0 Å². The molecule has 4 rings (SSSR count). The van der Waals surface area contributed by atoms with Crippen molar-refractivity contribution in [3.05, 3.63) is 60.0 Å². The van der Waals surface area contributed by atoms with E-state index in [1.807, 2.05) is 26.8 Å². The van der Waals surface area contributed by atoms with Gasteiger partial charge in [0, 0.05) is 41.7 Å². The normalized spacial score (nSPS) is 16.0. The number of amides is 2. The highest BCUT2D eigenvalue weighted by atomic mass is 16.5. The van der Waals surface area contributed by atoms with Crippen LogP contribution in [0.4, 0.5) is 11.5 Å². The lowest BCUT2D eigenvalue weighted by Gasteiger charge is -2.13. The van der Waals surface area contributed by atoms with E-state index in [2.05, 4.69) is 25.7 Å². The van der Waals surface area contributed by atoms with Gasteiger partial charge in [0.1, 0.15) is 11.9 Å². The van der Waals surface area contributed by atoms with E-state index in [-0.39, 0.29) is 17.2 Å². The Labute approximate surface area is 186 Å². The third-order valence-corrected chi connectivity index (χ3v) is 5.08. The molecule has 1 aromatic carbocycles. The fourth-order valence-electron chi connectivity index (χ4n) is 3.32. The summed E-state index contributed by atoms with van der Waals surface area (Å²) >= 11 is 0. The van der Waals surface area contributed by atoms with E-state index in [1.54, 1.807) is 42.7 Å². The van der Waals surface area contributed by atoms with Crippen LogP contribution in [0.1, 0.15) is 49.7 Å². The summed E-state index contributed by atoms with van der Waals surface area (Å²) in [5.74, 6) is 0.278. The van der Waals surface area contributed by atoms with E-state index in [1.165, 1.54) is 4.68 Å². The molecule has 1 aliphatic rings. The highest BCUT2D eigenvalue weighted by Gasteiger charge is 2.24. The molecule has 32 heavy (non-hydrogen) atoms. The number of hydrogen-bond donors (Lipinski definition) is 2. The van der Waals surface area contributed by atoms with Crippen molar-refractivity contribution in [2.75, 3.05) is 17.2 Å². The molecule has 2 aromatic heterocycles. The minimum absolute atomic E-state index is 0.200. The van der Waals surface area contributed by atoms with Gasteiger partial charge in [-0.15, -0.1) is 0 Å². The Bertz CT molecular complexity index is 1110. The summed E-state index contributed by atoms with van der Waals surface area (Å²) in [6.07, 6.45) is 4.37. The maximum absolute atomic E-state index is 13.0. The minimum atomic E-state index is -0.441. The van der Waals surface area contributed by atoms with Crippen molar-refractivity contribution >= 4 is 23.3 Å². The number of rotatable bonds is 5. The number of anilines is 2. The Morgan fingerprint density at radius 3 is 2.56 bits per heavy atom. The van der Waals surface area contributed by atoms with Crippen LogP contribution in [0.25, 0.3) is 5.95 Å². The highest BCUT2D eigenvalue weighted by molar-refractivity contribution is 6.05. The van der Waals surface area contributed by atoms with Crippen molar-refractivity contribution in [1.29, 1.82) is 0 Å². The molecule has 0 saturated carbocycles. The molecule has 166 valence electrons. The maximum atomic E-state index is 13.0. The molecule has 3 heterocycles. The Kier molecular flexibility index (Phi) is 6.00. The second-order valence-corrected chi connectivity index (χ2v) is 8.65. The molecule has 9 heteroatoms. The monoisotopic (exact) mass is 434 g/mol. The van der Waals surface area contributed by atoms with Crippen molar-refractivity contribution in [1.82, 2.24) is 19.7 Å². The first-order valence-corrected chi connectivity index (χ1v) is 10.5. The van der Waals surface area contributed by atoms with Crippen LogP contribution in [0.2, 0.25) is 0 Å². The lowest BCUT2D eigenvalue weighted by atomic mass is 9.92. The van der Waals surface area contributed by atoms with Gasteiger partial charge in [-0.25, -0.2) is 9.97 Å². The van der Waals surface area contributed by atoms with Crippen molar-refractivity contribution in [2.45, 2.75) is 45.1 Å². The zero-order valence-electron chi connectivity index (χ0n) is 18.3. The molecule has 1 unspecified atom stereocenters. The molecule has 0 radical (unpaired) electrons. The Morgan fingerprint density at radius 1 is 1.09 bits per heavy atom. The standard InChI is InChI=1S/C23H26N6O3/c1-23(2,3)18-14-19(29(28-18)22-24-10-6-11-25-22)27-20(30)15-7-4-8-16(13-15)26-21(31)17-9-5-12-32-17/h4,6-8,10-11,13-14,17H,5,9,12H2,1-3H3,(H,26,31)(H,27,30). The third kappa shape index (κ3) is 4.83. The van der Waals surface area contributed by atoms with Gasteiger partial charge in [0.15, 0.2) is 0 Å². The summed E-state index contributed by atoms with van der Waals surface area (Å²) in [6.45, 7) is 6.71. The van der Waals surface area contributed by atoms with E-state index in [0.717, 1.165) is 12.1 Å². The Balaban J connectivity index is 1.56. The molecule has 1 atom stereocenters. The maximum Gasteiger partial charge on any atom is 0.256 e. The number of carbonyl (C=O) groups is 2. The van der Waals surface area contributed by atoms with E-state index < -0.39 is 6.10 Å². The van der Waals surface area contributed by atoms with Crippen LogP contribution in [0.5, 0.6) is 0 Å². The molecule has 1 aliphatic heterocycles. The second kappa shape index (κ2) is 8.88. The number of ether oxygens (including phenoxy) is 1. The van der Waals surface area contributed by atoms with Gasteiger partial charge in [0.25, 0.3) is 17.8 Å². The number of nitrogens with one attached hydrogen (secondary N) is 2. The Hall–Kier alpha value is -3.59. The van der Waals surface area contributed by atoms with Gasteiger partial charge in [0.2, 0.25) is 0 Å². The molecule has 1 saturated heterocycles. The smallest absolute Gasteiger partial charge is 0.256 e. The minimum Gasteiger partial charge on any atom is -0.368 e. The summed E-state index contributed by atoms with van der Waals surface area (Å²) in [4.78, 5) is 33.8. The topological polar surface area (TPSA) is 111 Å². The molecule has 3 aromatic rings. The predicted molar refractivity (Wildman–Crippen MR) is 120 cm³/mol. The van der Waals surface area contributed by atoms with Gasteiger partial charge in [-0.3, -0.25) is 9.59 Å². The molecule has 2 amide bonds. The predicted octanol–water partition coefficient (Wildman–Crippen LogP) is 3.33. The number of nitrogens with zero attached hydrogens (tertiary/aromatic N) is 4. The van der Waals surface area contributed by atoms with E-state index in [0.29, 0.717) is 36.0 Å². The number of benzene rings is 1. The molecular weight excluding hydrogens is 408 g/mol. The summed E-state index contributed by atoms with van der Waals surface area (Å²) in [5.41, 5.74) is 1.49. The van der Waals surface area contributed by atoms with Crippen molar-refractivity contribution in [3.63, 3.8) is 0 Å².